The largest absolute Gasteiger partial charge is 0.573 e. The van der Waals surface area contributed by atoms with Crippen LogP contribution in [0.3, 0.4) is 0 Å². The molecule has 0 bridgehead atoms. The lowest BCUT2D eigenvalue weighted by atomic mass is 10.2. The van der Waals surface area contributed by atoms with Gasteiger partial charge in [-0.2, -0.15) is 4.99 Å². The van der Waals surface area contributed by atoms with Gasteiger partial charge in [0.25, 0.3) is 0 Å². The quantitative estimate of drug-likeness (QED) is 0.705. The monoisotopic (exact) mass is 436 g/mol. The van der Waals surface area contributed by atoms with Crippen LogP contribution in [0.15, 0.2) is 29.3 Å². The Bertz CT molecular complexity index is 869. The van der Waals surface area contributed by atoms with E-state index in [4.69, 9.17) is 0 Å². The molecular formula is C17H19F3N2O4S2. The molecule has 1 aromatic carbocycles. The summed E-state index contributed by atoms with van der Waals surface area (Å²) in [6.45, 7) is 1.96. The number of unbranched alkanes of at least 4 members (excludes halogenated alkanes) is 1. The van der Waals surface area contributed by atoms with E-state index in [-0.39, 0.29) is 28.4 Å². The Morgan fingerprint density at radius 3 is 2.57 bits per heavy atom. The number of amides is 1. The number of ether oxygens (including phenoxy) is 1. The summed E-state index contributed by atoms with van der Waals surface area (Å²) in [6.07, 6.45) is -2.96. The minimum absolute atomic E-state index is 0.0176. The van der Waals surface area contributed by atoms with Gasteiger partial charge < -0.3 is 9.64 Å². The number of thioether (sulfide) groups is 1. The second-order valence-corrected chi connectivity index (χ2v) is 9.96. The highest BCUT2D eigenvalue weighted by Crippen LogP contribution is 2.41. The van der Waals surface area contributed by atoms with Gasteiger partial charge in [-0.3, -0.25) is 4.79 Å². The lowest BCUT2D eigenvalue weighted by molar-refractivity contribution is -0.274. The highest BCUT2D eigenvalue weighted by atomic mass is 32.2. The standard InChI is InChI=1S/C17H19F3N2O4S2/c1-2-3-4-15(23)21-16-22(13-9-28(24,25)10-14(13)27-16)11-5-7-12(8-6-11)26-17(18,19)20/h5-8,13-14H,2-4,9-10H2,1H3/t13-,14+/m0/s1. The number of benzene rings is 1. The predicted molar refractivity (Wildman–Crippen MR) is 101 cm³/mol. The molecule has 1 amide bonds. The lowest BCUT2D eigenvalue weighted by Crippen LogP contribution is -2.37. The van der Waals surface area contributed by atoms with E-state index in [0.29, 0.717) is 23.7 Å². The third-order valence-electron chi connectivity index (χ3n) is 4.38. The Hall–Kier alpha value is -1.75. The van der Waals surface area contributed by atoms with Crippen molar-refractivity contribution in [2.45, 2.75) is 43.8 Å². The number of nitrogens with zero attached hydrogens (tertiary/aromatic N) is 2. The van der Waals surface area contributed by atoms with E-state index in [9.17, 15) is 26.4 Å². The molecular weight excluding hydrogens is 417 g/mol. The number of anilines is 1. The number of sulfone groups is 1. The molecule has 0 spiro atoms. The molecule has 0 saturated carbocycles. The molecule has 6 nitrogen and oxygen atoms in total. The molecule has 3 rings (SSSR count). The Kier molecular flexibility index (Phi) is 5.95. The molecule has 2 heterocycles. The number of fused-ring (bicyclic) bond motifs is 1. The molecule has 0 aliphatic carbocycles. The zero-order chi connectivity index (χ0) is 20.5. The summed E-state index contributed by atoms with van der Waals surface area (Å²) in [6, 6.07) is 4.70. The van der Waals surface area contributed by atoms with E-state index < -0.39 is 22.2 Å². The van der Waals surface area contributed by atoms with Gasteiger partial charge in [-0.1, -0.05) is 25.1 Å². The van der Waals surface area contributed by atoms with Crippen LogP contribution in [0.4, 0.5) is 18.9 Å². The van der Waals surface area contributed by atoms with Crippen LogP contribution in [-0.2, 0) is 14.6 Å². The summed E-state index contributed by atoms with van der Waals surface area (Å²) < 4.78 is 64.9. The minimum atomic E-state index is -4.80. The van der Waals surface area contributed by atoms with E-state index >= 15 is 0 Å². The first kappa shape index (κ1) is 21.0. The summed E-state index contributed by atoms with van der Waals surface area (Å²) in [5.74, 6) is -0.783. The SMILES string of the molecule is CCCCC(=O)N=C1S[C@@H]2CS(=O)(=O)C[C@@H]2N1c1ccc(OC(F)(F)F)cc1. The van der Waals surface area contributed by atoms with E-state index in [2.05, 4.69) is 9.73 Å². The van der Waals surface area contributed by atoms with Crippen LogP contribution in [0.1, 0.15) is 26.2 Å². The van der Waals surface area contributed by atoms with Crippen LogP contribution in [0.2, 0.25) is 0 Å². The summed E-state index contributed by atoms with van der Waals surface area (Å²) in [5.41, 5.74) is 0.466. The van der Waals surface area contributed by atoms with Crippen molar-refractivity contribution < 1.29 is 31.1 Å². The topological polar surface area (TPSA) is 76.0 Å². The summed E-state index contributed by atoms with van der Waals surface area (Å²) in [7, 11) is -3.22. The van der Waals surface area contributed by atoms with E-state index in [1.54, 1.807) is 4.90 Å². The first-order valence-electron chi connectivity index (χ1n) is 8.71. The van der Waals surface area contributed by atoms with Crippen LogP contribution in [0.25, 0.3) is 0 Å². The van der Waals surface area contributed by atoms with Crippen LogP contribution in [-0.4, -0.2) is 48.7 Å². The highest BCUT2D eigenvalue weighted by molar-refractivity contribution is 8.16. The molecule has 2 atom stereocenters. The van der Waals surface area contributed by atoms with Gasteiger partial charge in [0.15, 0.2) is 15.0 Å². The van der Waals surface area contributed by atoms with Crippen LogP contribution < -0.4 is 9.64 Å². The molecule has 1 aromatic rings. The maximum Gasteiger partial charge on any atom is 0.573 e. The molecule has 0 N–H and O–H groups in total. The maximum atomic E-state index is 12.4. The van der Waals surface area contributed by atoms with Crippen molar-refractivity contribution in [3.05, 3.63) is 24.3 Å². The van der Waals surface area contributed by atoms with E-state index in [1.165, 1.54) is 23.9 Å². The summed E-state index contributed by atoms with van der Waals surface area (Å²) in [5, 5.41) is 0.115. The van der Waals surface area contributed by atoms with Gasteiger partial charge in [-0.25, -0.2) is 8.42 Å². The van der Waals surface area contributed by atoms with Gasteiger partial charge in [0.2, 0.25) is 5.91 Å². The zero-order valence-electron chi connectivity index (χ0n) is 15.0. The number of carbonyl (C=O) groups excluding carboxylic acids is 1. The normalized spacial score (nSPS) is 25.1. The van der Waals surface area contributed by atoms with Crippen LogP contribution in [0.5, 0.6) is 5.75 Å². The number of rotatable bonds is 5. The summed E-state index contributed by atoms with van der Waals surface area (Å²) in [4.78, 5) is 17.9. The number of aliphatic imine (C=N–C) groups is 1. The second kappa shape index (κ2) is 7.94. The Labute approximate surface area is 165 Å². The fourth-order valence-corrected chi connectivity index (χ4v) is 7.10. The molecule has 2 aliphatic heterocycles. The van der Waals surface area contributed by atoms with Gasteiger partial charge in [0.05, 0.1) is 17.5 Å². The van der Waals surface area contributed by atoms with E-state index in [0.717, 1.165) is 18.6 Å². The molecule has 2 aliphatic rings. The predicted octanol–water partition coefficient (Wildman–Crippen LogP) is 3.38. The second-order valence-electron chi connectivity index (χ2n) is 6.60. The Balaban J connectivity index is 1.88. The lowest BCUT2D eigenvalue weighted by Gasteiger charge is -2.24. The van der Waals surface area contributed by atoms with Gasteiger partial charge in [-0.15, -0.1) is 13.2 Å². The average molecular weight is 436 g/mol. The van der Waals surface area contributed by atoms with Crippen molar-refractivity contribution in [3.8, 4) is 5.75 Å². The molecule has 28 heavy (non-hydrogen) atoms. The minimum Gasteiger partial charge on any atom is -0.406 e. The van der Waals surface area contributed by atoms with Crippen molar-refractivity contribution in [2.24, 2.45) is 4.99 Å². The molecule has 11 heteroatoms. The molecule has 0 radical (unpaired) electrons. The number of amidine groups is 1. The molecule has 0 unspecified atom stereocenters. The van der Waals surface area contributed by atoms with Gasteiger partial charge in [0, 0.05) is 17.4 Å². The van der Waals surface area contributed by atoms with E-state index in [1.807, 2.05) is 6.92 Å². The molecule has 0 aromatic heterocycles. The third-order valence-corrected chi connectivity index (χ3v) is 7.59. The van der Waals surface area contributed by atoms with Crippen molar-refractivity contribution in [1.29, 1.82) is 0 Å². The third kappa shape index (κ3) is 4.99. The van der Waals surface area contributed by atoms with Gasteiger partial charge >= 0.3 is 6.36 Å². The number of hydrogen-bond acceptors (Lipinski definition) is 5. The zero-order valence-corrected chi connectivity index (χ0v) is 16.6. The van der Waals surface area contributed by atoms with Gasteiger partial charge in [-0.05, 0) is 30.7 Å². The van der Waals surface area contributed by atoms with Crippen LogP contribution >= 0.6 is 11.8 Å². The Morgan fingerprint density at radius 2 is 1.96 bits per heavy atom. The number of halogens is 3. The van der Waals surface area contributed by atoms with Crippen molar-refractivity contribution in [2.75, 3.05) is 16.4 Å². The number of hydrogen-bond donors (Lipinski definition) is 0. The Morgan fingerprint density at radius 1 is 1.29 bits per heavy atom. The smallest absolute Gasteiger partial charge is 0.406 e. The molecule has 154 valence electrons. The van der Waals surface area contributed by atoms with Crippen molar-refractivity contribution in [1.82, 2.24) is 0 Å². The first-order chi connectivity index (χ1) is 13.1. The van der Waals surface area contributed by atoms with Gasteiger partial charge in [0.1, 0.15) is 5.75 Å². The highest BCUT2D eigenvalue weighted by Gasteiger charge is 2.49. The fourth-order valence-electron chi connectivity index (χ4n) is 3.17. The molecule has 2 saturated heterocycles. The average Bonchev–Trinajstić information content (AvgIpc) is 3.03. The maximum absolute atomic E-state index is 12.4. The number of alkyl halides is 3. The van der Waals surface area contributed by atoms with Crippen molar-refractivity contribution in [3.63, 3.8) is 0 Å². The van der Waals surface area contributed by atoms with Crippen LogP contribution in [0, 0.1) is 0 Å². The summed E-state index contributed by atoms with van der Waals surface area (Å²) >= 11 is 1.23. The molecule has 2 fully saturated rings. The van der Waals surface area contributed by atoms with Crippen molar-refractivity contribution >= 4 is 38.4 Å². The fraction of sp³-hybridized carbons (Fsp3) is 0.529. The first-order valence-corrected chi connectivity index (χ1v) is 11.4. The number of carbonyl (C=O) groups is 1.